The second-order valence-electron chi connectivity index (χ2n) is 3.09. The monoisotopic (exact) mass is 197 g/mol. The highest BCUT2D eigenvalue weighted by Gasteiger charge is 2.15. The molecule has 0 saturated carbocycles. The molecule has 0 unspecified atom stereocenters. The Labute approximate surface area is 82.9 Å². The van der Waals surface area contributed by atoms with Crippen LogP contribution in [0.4, 0.5) is 0 Å². The average Bonchev–Trinajstić information content (AvgIpc) is 2.51. The van der Waals surface area contributed by atoms with E-state index in [-0.39, 0.29) is 5.97 Å². The fraction of sp³-hybridized carbons (Fsp3) is 0.556. The van der Waals surface area contributed by atoms with E-state index in [2.05, 4.69) is 4.98 Å². The van der Waals surface area contributed by atoms with Crippen LogP contribution in [0.5, 0.6) is 0 Å². The molecule has 0 aliphatic heterocycles. The Kier molecular flexibility index (Phi) is 3.64. The maximum Gasteiger partial charge on any atom is 0.323 e. The van der Waals surface area contributed by atoms with Crippen molar-refractivity contribution in [2.24, 2.45) is 12.8 Å². The van der Waals surface area contributed by atoms with E-state index in [4.69, 9.17) is 10.5 Å². The largest absolute Gasteiger partial charge is 0.465 e. The molecular weight excluding hydrogens is 182 g/mol. The number of nitrogens with two attached hydrogens (primary N) is 1. The zero-order valence-electron chi connectivity index (χ0n) is 8.43. The minimum Gasteiger partial charge on any atom is -0.465 e. The predicted molar refractivity (Wildman–Crippen MR) is 51.5 cm³/mol. The van der Waals surface area contributed by atoms with Crippen LogP contribution in [0.3, 0.4) is 0 Å². The Morgan fingerprint density at radius 2 is 2.50 bits per heavy atom. The number of nitrogens with zero attached hydrogens (tertiary/aromatic N) is 2. The highest BCUT2D eigenvalue weighted by atomic mass is 16.5. The molecule has 1 aromatic rings. The summed E-state index contributed by atoms with van der Waals surface area (Å²) in [5.41, 5.74) is 6.42. The van der Waals surface area contributed by atoms with Gasteiger partial charge in [-0.25, -0.2) is 4.98 Å². The molecule has 0 aliphatic carbocycles. The van der Waals surface area contributed by atoms with Gasteiger partial charge in [-0.1, -0.05) is 0 Å². The zero-order valence-corrected chi connectivity index (χ0v) is 8.43. The Hall–Kier alpha value is -1.36. The average molecular weight is 197 g/mol. The molecule has 2 N–H and O–H groups in total. The molecule has 5 heteroatoms. The molecular formula is C9H15N3O2. The summed E-state index contributed by atoms with van der Waals surface area (Å²) < 4.78 is 6.60. The molecule has 0 amide bonds. The number of rotatable bonds is 4. The SMILES string of the molecule is CCOC(=O)[C@H](N)Cc1cn(C)cn1. The fourth-order valence-electron chi connectivity index (χ4n) is 1.13. The zero-order chi connectivity index (χ0) is 10.6. The Bertz CT molecular complexity index is 309. The number of carbonyl (C=O) groups excluding carboxylic acids is 1. The highest BCUT2D eigenvalue weighted by Crippen LogP contribution is 1.99. The van der Waals surface area contributed by atoms with E-state index in [1.165, 1.54) is 0 Å². The van der Waals surface area contributed by atoms with Crippen LogP contribution in [0.1, 0.15) is 12.6 Å². The second-order valence-corrected chi connectivity index (χ2v) is 3.09. The number of esters is 1. The summed E-state index contributed by atoms with van der Waals surface area (Å²) >= 11 is 0. The smallest absolute Gasteiger partial charge is 0.323 e. The van der Waals surface area contributed by atoms with E-state index in [0.717, 1.165) is 5.69 Å². The molecule has 1 heterocycles. The minimum absolute atomic E-state index is 0.356. The van der Waals surface area contributed by atoms with Crippen LogP contribution in [0, 0.1) is 0 Å². The minimum atomic E-state index is -0.621. The molecule has 78 valence electrons. The van der Waals surface area contributed by atoms with E-state index < -0.39 is 6.04 Å². The van der Waals surface area contributed by atoms with Crippen molar-refractivity contribution in [1.29, 1.82) is 0 Å². The first kappa shape index (κ1) is 10.7. The van der Waals surface area contributed by atoms with Crippen LogP contribution in [-0.2, 0) is 23.0 Å². The lowest BCUT2D eigenvalue weighted by molar-refractivity contribution is -0.144. The van der Waals surface area contributed by atoms with Gasteiger partial charge in [-0.15, -0.1) is 0 Å². The van der Waals surface area contributed by atoms with Gasteiger partial charge in [0.1, 0.15) is 6.04 Å². The lowest BCUT2D eigenvalue weighted by Crippen LogP contribution is -2.34. The van der Waals surface area contributed by atoms with Crippen LogP contribution in [0.25, 0.3) is 0 Å². The van der Waals surface area contributed by atoms with Crippen molar-refractivity contribution in [2.75, 3.05) is 6.61 Å². The van der Waals surface area contributed by atoms with Gasteiger partial charge in [-0.05, 0) is 6.92 Å². The maximum absolute atomic E-state index is 11.2. The molecule has 0 aliphatic rings. The van der Waals surface area contributed by atoms with Gasteiger partial charge < -0.3 is 15.0 Å². The van der Waals surface area contributed by atoms with Gasteiger partial charge in [0.05, 0.1) is 18.6 Å². The van der Waals surface area contributed by atoms with Gasteiger partial charge in [0.25, 0.3) is 0 Å². The van der Waals surface area contributed by atoms with Gasteiger partial charge in [-0.3, -0.25) is 4.79 Å². The van der Waals surface area contributed by atoms with E-state index >= 15 is 0 Å². The van der Waals surface area contributed by atoms with Gasteiger partial charge in [0.2, 0.25) is 0 Å². The first-order chi connectivity index (χ1) is 6.63. The summed E-state index contributed by atoms with van der Waals surface area (Å²) in [6.07, 6.45) is 3.92. The number of aromatic nitrogens is 2. The van der Waals surface area contributed by atoms with Crippen LogP contribution >= 0.6 is 0 Å². The predicted octanol–water partition coefficient (Wildman–Crippen LogP) is -0.147. The molecule has 1 atom stereocenters. The Morgan fingerprint density at radius 3 is 3.00 bits per heavy atom. The number of hydrogen-bond donors (Lipinski definition) is 1. The Morgan fingerprint density at radius 1 is 1.79 bits per heavy atom. The number of aryl methyl sites for hydroxylation is 1. The third-order valence-corrected chi connectivity index (χ3v) is 1.78. The van der Waals surface area contributed by atoms with E-state index in [1.54, 1.807) is 13.3 Å². The van der Waals surface area contributed by atoms with Crippen molar-refractivity contribution < 1.29 is 9.53 Å². The van der Waals surface area contributed by atoms with Crippen molar-refractivity contribution >= 4 is 5.97 Å². The first-order valence-corrected chi connectivity index (χ1v) is 4.52. The number of hydrogen-bond acceptors (Lipinski definition) is 4. The lowest BCUT2D eigenvalue weighted by Gasteiger charge is -2.08. The maximum atomic E-state index is 11.2. The number of carbonyl (C=O) groups is 1. The highest BCUT2D eigenvalue weighted by molar-refractivity contribution is 5.75. The van der Waals surface area contributed by atoms with Crippen LogP contribution in [-0.4, -0.2) is 28.2 Å². The van der Waals surface area contributed by atoms with Gasteiger partial charge in [0, 0.05) is 19.7 Å². The number of ether oxygens (including phenoxy) is 1. The second kappa shape index (κ2) is 4.76. The van der Waals surface area contributed by atoms with E-state index in [1.807, 2.05) is 17.8 Å². The van der Waals surface area contributed by atoms with E-state index in [9.17, 15) is 4.79 Å². The van der Waals surface area contributed by atoms with Gasteiger partial charge in [0.15, 0.2) is 0 Å². The summed E-state index contributed by atoms with van der Waals surface area (Å²) in [6.45, 7) is 2.11. The van der Waals surface area contributed by atoms with Crippen molar-refractivity contribution in [2.45, 2.75) is 19.4 Å². The molecule has 0 bridgehead atoms. The molecule has 0 fully saturated rings. The van der Waals surface area contributed by atoms with Crippen molar-refractivity contribution in [3.63, 3.8) is 0 Å². The molecule has 0 saturated heterocycles. The Balaban J connectivity index is 2.48. The first-order valence-electron chi connectivity index (χ1n) is 4.52. The third kappa shape index (κ3) is 2.85. The van der Waals surface area contributed by atoms with Crippen molar-refractivity contribution in [1.82, 2.24) is 9.55 Å². The van der Waals surface area contributed by atoms with Crippen LogP contribution in [0.2, 0.25) is 0 Å². The van der Waals surface area contributed by atoms with Crippen LogP contribution < -0.4 is 5.73 Å². The number of imidazole rings is 1. The summed E-state index contributed by atoms with van der Waals surface area (Å²) in [5, 5.41) is 0. The van der Waals surface area contributed by atoms with Crippen molar-refractivity contribution in [3.8, 4) is 0 Å². The van der Waals surface area contributed by atoms with Gasteiger partial charge in [-0.2, -0.15) is 0 Å². The van der Waals surface area contributed by atoms with E-state index in [0.29, 0.717) is 13.0 Å². The molecule has 1 rings (SSSR count). The normalized spacial score (nSPS) is 12.5. The standard InChI is InChI=1S/C9H15N3O2/c1-3-14-9(13)8(10)4-7-5-12(2)6-11-7/h5-6,8H,3-4,10H2,1-2H3/t8-/m1/s1. The molecule has 0 radical (unpaired) electrons. The quantitative estimate of drug-likeness (QED) is 0.682. The topological polar surface area (TPSA) is 70.1 Å². The molecule has 1 aromatic heterocycles. The molecule has 5 nitrogen and oxygen atoms in total. The summed E-state index contributed by atoms with van der Waals surface area (Å²) in [6, 6.07) is -0.621. The molecule has 14 heavy (non-hydrogen) atoms. The fourth-order valence-corrected chi connectivity index (χ4v) is 1.13. The molecule has 0 spiro atoms. The van der Waals surface area contributed by atoms with Crippen molar-refractivity contribution in [3.05, 3.63) is 18.2 Å². The third-order valence-electron chi connectivity index (χ3n) is 1.78. The van der Waals surface area contributed by atoms with Crippen LogP contribution in [0.15, 0.2) is 12.5 Å². The van der Waals surface area contributed by atoms with Gasteiger partial charge >= 0.3 is 5.97 Å². The summed E-state index contributed by atoms with van der Waals surface area (Å²) in [7, 11) is 1.87. The lowest BCUT2D eigenvalue weighted by atomic mass is 10.2. The molecule has 0 aromatic carbocycles. The summed E-state index contributed by atoms with van der Waals surface area (Å²) in [5.74, 6) is -0.377. The summed E-state index contributed by atoms with van der Waals surface area (Å²) in [4.78, 5) is 15.2.